The normalized spacial score (nSPS) is 19.0. The van der Waals surface area contributed by atoms with Gasteiger partial charge in [0.25, 0.3) is 5.91 Å². The maximum atomic E-state index is 12.2. The number of carbonyl (C=O) groups is 4. The van der Waals surface area contributed by atoms with E-state index in [1.54, 1.807) is 30.3 Å². The minimum atomic E-state index is -1.11. The predicted molar refractivity (Wildman–Crippen MR) is 72.1 cm³/mol. The Labute approximate surface area is 121 Å². The van der Waals surface area contributed by atoms with Crippen molar-refractivity contribution in [1.29, 1.82) is 0 Å². The SMILES string of the molecule is CC(=O)CC(C(=O)OC1CC(=O)NC1=O)c1ccccc1. The van der Waals surface area contributed by atoms with Crippen molar-refractivity contribution in [1.82, 2.24) is 5.32 Å². The average Bonchev–Trinajstić information content (AvgIpc) is 2.75. The molecule has 21 heavy (non-hydrogen) atoms. The maximum Gasteiger partial charge on any atom is 0.314 e. The molecule has 0 radical (unpaired) electrons. The number of ether oxygens (including phenoxy) is 1. The van der Waals surface area contributed by atoms with Gasteiger partial charge in [0.1, 0.15) is 5.78 Å². The average molecular weight is 289 g/mol. The molecule has 1 aromatic carbocycles. The number of carbonyl (C=O) groups excluding carboxylic acids is 4. The second-order valence-corrected chi connectivity index (χ2v) is 4.91. The van der Waals surface area contributed by atoms with Gasteiger partial charge in [-0.3, -0.25) is 24.5 Å². The van der Waals surface area contributed by atoms with E-state index in [1.165, 1.54) is 6.92 Å². The van der Waals surface area contributed by atoms with E-state index in [4.69, 9.17) is 4.74 Å². The lowest BCUT2D eigenvalue weighted by atomic mass is 9.94. The van der Waals surface area contributed by atoms with Gasteiger partial charge in [-0.05, 0) is 12.5 Å². The van der Waals surface area contributed by atoms with Gasteiger partial charge in [0.15, 0.2) is 6.10 Å². The van der Waals surface area contributed by atoms with Crippen molar-refractivity contribution in [3.8, 4) is 0 Å². The van der Waals surface area contributed by atoms with Gasteiger partial charge < -0.3 is 4.74 Å². The van der Waals surface area contributed by atoms with E-state index in [0.29, 0.717) is 5.56 Å². The Hall–Kier alpha value is -2.50. The molecule has 6 heteroatoms. The lowest BCUT2D eigenvalue weighted by Gasteiger charge is -2.17. The lowest BCUT2D eigenvalue weighted by Crippen LogP contribution is -2.30. The van der Waals surface area contributed by atoms with Crippen LogP contribution >= 0.6 is 0 Å². The molecule has 1 N–H and O–H groups in total. The Kier molecular flexibility index (Phi) is 4.47. The summed E-state index contributed by atoms with van der Waals surface area (Å²) in [6, 6.07) is 8.73. The van der Waals surface area contributed by atoms with Crippen LogP contribution in [-0.2, 0) is 23.9 Å². The smallest absolute Gasteiger partial charge is 0.314 e. The number of ketones is 1. The quantitative estimate of drug-likeness (QED) is 0.637. The van der Waals surface area contributed by atoms with Crippen molar-refractivity contribution in [2.45, 2.75) is 31.8 Å². The zero-order chi connectivity index (χ0) is 15.4. The summed E-state index contributed by atoms with van der Waals surface area (Å²) >= 11 is 0. The highest BCUT2D eigenvalue weighted by atomic mass is 16.5. The lowest BCUT2D eigenvalue weighted by molar-refractivity contribution is -0.156. The summed E-state index contributed by atoms with van der Waals surface area (Å²) in [5.41, 5.74) is 0.641. The number of rotatable bonds is 5. The number of nitrogens with one attached hydrogen (secondary N) is 1. The second kappa shape index (κ2) is 6.30. The summed E-state index contributed by atoms with van der Waals surface area (Å²) in [6.45, 7) is 1.38. The van der Waals surface area contributed by atoms with Crippen molar-refractivity contribution >= 4 is 23.6 Å². The van der Waals surface area contributed by atoms with Gasteiger partial charge in [-0.25, -0.2) is 0 Å². The van der Waals surface area contributed by atoms with Crippen LogP contribution in [0.1, 0.15) is 31.2 Å². The molecular weight excluding hydrogens is 274 g/mol. The maximum absolute atomic E-state index is 12.2. The second-order valence-electron chi connectivity index (χ2n) is 4.91. The Morgan fingerprint density at radius 2 is 1.95 bits per heavy atom. The van der Waals surface area contributed by atoms with Crippen molar-refractivity contribution in [3.05, 3.63) is 35.9 Å². The van der Waals surface area contributed by atoms with Crippen LogP contribution in [0.5, 0.6) is 0 Å². The summed E-state index contributed by atoms with van der Waals surface area (Å²) < 4.78 is 5.09. The summed E-state index contributed by atoms with van der Waals surface area (Å²) in [5.74, 6) is -2.70. The molecule has 1 saturated heterocycles. The van der Waals surface area contributed by atoms with E-state index < -0.39 is 29.8 Å². The molecule has 2 rings (SSSR count). The number of imide groups is 1. The van der Waals surface area contributed by atoms with Crippen LogP contribution in [0.25, 0.3) is 0 Å². The third-order valence-corrected chi connectivity index (χ3v) is 3.16. The van der Waals surface area contributed by atoms with Gasteiger partial charge in [0, 0.05) is 6.42 Å². The van der Waals surface area contributed by atoms with E-state index in [9.17, 15) is 19.2 Å². The van der Waals surface area contributed by atoms with Crippen molar-refractivity contribution in [2.75, 3.05) is 0 Å². The number of hydrogen-bond acceptors (Lipinski definition) is 5. The molecule has 0 aromatic heterocycles. The monoisotopic (exact) mass is 289 g/mol. The van der Waals surface area contributed by atoms with Gasteiger partial charge in [-0.1, -0.05) is 30.3 Å². The Morgan fingerprint density at radius 1 is 1.29 bits per heavy atom. The molecule has 2 amide bonds. The summed E-state index contributed by atoms with van der Waals surface area (Å²) in [5, 5.41) is 2.07. The molecule has 2 unspecified atom stereocenters. The predicted octanol–water partition coefficient (Wildman–Crippen LogP) is 0.708. The van der Waals surface area contributed by atoms with Crippen LogP contribution in [0.4, 0.5) is 0 Å². The van der Waals surface area contributed by atoms with E-state index >= 15 is 0 Å². The molecule has 0 bridgehead atoms. The van der Waals surface area contributed by atoms with Gasteiger partial charge in [0.05, 0.1) is 12.3 Å². The molecule has 110 valence electrons. The molecule has 1 heterocycles. The van der Waals surface area contributed by atoms with Gasteiger partial charge in [-0.15, -0.1) is 0 Å². The first-order chi connectivity index (χ1) is 9.97. The van der Waals surface area contributed by atoms with Gasteiger partial charge in [0.2, 0.25) is 5.91 Å². The molecule has 6 nitrogen and oxygen atoms in total. The fourth-order valence-electron chi connectivity index (χ4n) is 2.16. The summed E-state index contributed by atoms with van der Waals surface area (Å²) in [4.78, 5) is 46.1. The third-order valence-electron chi connectivity index (χ3n) is 3.16. The highest BCUT2D eigenvalue weighted by Gasteiger charge is 2.36. The zero-order valence-corrected chi connectivity index (χ0v) is 11.5. The molecule has 1 aliphatic heterocycles. The minimum absolute atomic E-state index is 0.00880. The summed E-state index contributed by atoms with van der Waals surface area (Å²) in [6.07, 6.45) is -1.29. The van der Waals surface area contributed by atoms with Crippen LogP contribution < -0.4 is 5.32 Å². The number of amides is 2. The van der Waals surface area contributed by atoms with Crippen LogP contribution in [-0.4, -0.2) is 29.7 Å². The molecule has 1 aliphatic rings. The highest BCUT2D eigenvalue weighted by Crippen LogP contribution is 2.23. The van der Waals surface area contributed by atoms with E-state index in [1.807, 2.05) is 0 Å². The molecule has 2 atom stereocenters. The molecular formula is C15H15NO5. The van der Waals surface area contributed by atoms with E-state index in [0.717, 1.165) is 0 Å². The van der Waals surface area contributed by atoms with Crippen LogP contribution in [0, 0.1) is 0 Å². The van der Waals surface area contributed by atoms with Crippen molar-refractivity contribution < 1.29 is 23.9 Å². The molecule has 0 spiro atoms. The van der Waals surface area contributed by atoms with Gasteiger partial charge >= 0.3 is 5.97 Å². The molecule has 0 saturated carbocycles. The fourth-order valence-corrected chi connectivity index (χ4v) is 2.16. The number of hydrogen-bond donors (Lipinski definition) is 1. The zero-order valence-electron chi connectivity index (χ0n) is 11.5. The van der Waals surface area contributed by atoms with Gasteiger partial charge in [-0.2, -0.15) is 0 Å². The van der Waals surface area contributed by atoms with Crippen LogP contribution in [0.2, 0.25) is 0 Å². The van der Waals surface area contributed by atoms with E-state index in [-0.39, 0.29) is 18.6 Å². The Bertz CT molecular complexity index is 581. The molecule has 0 aliphatic carbocycles. The Morgan fingerprint density at radius 3 is 2.48 bits per heavy atom. The number of esters is 1. The topological polar surface area (TPSA) is 89.5 Å². The van der Waals surface area contributed by atoms with Crippen molar-refractivity contribution in [3.63, 3.8) is 0 Å². The van der Waals surface area contributed by atoms with E-state index in [2.05, 4.69) is 5.32 Å². The Balaban J connectivity index is 2.13. The standard InChI is InChI=1S/C15H15NO5/c1-9(17)7-11(10-5-3-2-4-6-10)15(20)21-12-8-13(18)16-14(12)19/h2-6,11-12H,7-8H2,1H3,(H,16,18,19). The fraction of sp³-hybridized carbons (Fsp3) is 0.333. The highest BCUT2D eigenvalue weighted by molar-refractivity contribution is 6.05. The third kappa shape index (κ3) is 3.75. The van der Waals surface area contributed by atoms with Crippen LogP contribution in [0.15, 0.2) is 30.3 Å². The first kappa shape index (κ1) is 14.9. The minimum Gasteiger partial charge on any atom is -0.451 e. The molecule has 1 aromatic rings. The van der Waals surface area contributed by atoms with Crippen LogP contribution in [0.3, 0.4) is 0 Å². The first-order valence-corrected chi connectivity index (χ1v) is 6.56. The number of benzene rings is 1. The molecule has 1 fully saturated rings. The summed E-state index contributed by atoms with van der Waals surface area (Å²) in [7, 11) is 0. The van der Waals surface area contributed by atoms with Crippen molar-refractivity contribution in [2.24, 2.45) is 0 Å². The largest absolute Gasteiger partial charge is 0.451 e. The first-order valence-electron chi connectivity index (χ1n) is 6.56. The number of Topliss-reactive ketones (excluding diaryl/α,β-unsaturated/α-hetero) is 1.